The van der Waals surface area contributed by atoms with E-state index in [9.17, 15) is 0 Å². The lowest BCUT2D eigenvalue weighted by Gasteiger charge is -2.53. The molecule has 0 saturated carbocycles. The normalized spacial score (nSPS) is 17.0. The Hall–Kier alpha value is -7.00. The van der Waals surface area contributed by atoms with Crippen LogP contribution in [-0.2, 0) is 27.1 Å². The summed E-state index contributed by atoms with van der Waals surface area (Å²) in [6, 6.07) is 74.7. The third-order valence-corrected chi connectivity index (χ3v) is 23.0. The summed E-state index contributed by atoms with van der Waals surface area (Å²) in [7, 11) is -2.76. The summed E-state index contributed by atoms with van der Waals surface area (Å²) in [5, 5.41) is 5.99. The molecule has 0 aromatic heterocycles. The van der Waals surface area contributed by atoms with E-state index in [-0.39, 0.29) is 21.7 Å². The molecule has 0 fully saturated rings. The Balaban J connectivity index is 1.15. The lowest BCUT2D eigenvalue weighted by atomic mass is 9.52. The van der Waals surface area contributed by atoms with Crippen LogP contribution in [0.3, 0.4) is 0 Å². The minimum atomic E-state index is -2.76. The highest BCUT2D eigenvalue weighted by Crippen LogP contribution is 2.67. The second kappa shape index (κ2) is 13.9. The molecule has 346 valence electrons. The average molecular weight is 932 g/mol. The minimum absolute atomic E-state index is 0.0584. The van der Waals surface area contributed by atoms with Gasteiger partial charge in [0.05, 0.1) is 16.8 Å². The van der Waals surface area contributed by atoms with E-state index >= 15 is 0 Å². The molecule has 9 aromatic carbocycles. The first kappa shape index (κ1) is 42.8. The van der Waals surface area contributed by atoms with Crippen molar-refractivity contribution < 1.29 is 0 Å². The fourth-order valence-corrected chi connectivity index (χ4v) is 20.3. The number of fused-ring (bicyclic) bond motifs is 22. The predicted octanol–water partition coefficient (Wildman–Crippen LogP) is 14.7. The topological polar surface area (TPSA) is 3.24 Å². The van der Waals surface area contributed by atoms with E-state index in [4.69, 9.17) is 0 Å². The summed E-state index contributed by atoms with van der Waals surface area (Å²) in [6.07, 6.45) is 0. The summed E-state index contributed by atoms with van der Waals surface area (Å²) in [4.78, 5) is 2.73. The van der Waals surface area contributed by atoms with Crippen LogP contribution in [0.4, 0.5) is 17.1 Å². The molecule has 3 heterocycles. The van der Waals surface area contributed by atoms with Gasteiger partial charge in [-0.05, 0) is 133 Å². The van der Waals surface area contributed by atoms with Gasteiger partial charge in [-0.1, -0.05) is 239 Å². The third kappa shape index (κ3) is 5.22. The molecule has 0 amide bonds. The van der Waals surface area contributed by atoms with Crippen molar-refractivity contribution in [3.05, 3.63) is 244 Å². The van der Waals surface area contributed by atoms with E-state index in [1.165, 1.54) is 127 Å². The van der Waals surface area contributed by atoms with Gasteiger partial charge in [-0.15, -0.1) is 0 Å². The number of benzene rings is 9. The zero-order valence-corrected chi connectivity index (χ0v) is 43.8. The van der Waals surface area contributed by atoms with Gasteiger partial charge >= 0.3 is 0 Å². The molecule has 0 bridgehead atoms. The smallest absolute Gasteiger partial charge is 0.182 e. The third-order valence-electron chi connectivity index (χ3n) is 18.1. The zero-order chi connectivity index (χ0) is 48.8. The van der Waals surface area contributed by atoms with E-state index < -0.39 is 13.5 Å². The van der Waals surface area contributed by atoms with Gasteiger partial charge in [0.25, 0.3) is 0 Å². The predicted molar refractivity (Wildman–Crippen MR) is 302 cm³/mol. The summed E-state index contributed by atoms with van der Waals surface area (Å²) in [5.41, 5.74) is 24.6. The van der Waals surface area contributed by atoms with Crippen LogP contribution in [0.1, 0.15) is 125 Å². The van der Waals surface area contributed by atoms with Crippen molar-refractivity contribution in [3.8, 4) is 33.4 Å². The Labute approximate surface area is 421 Å². The molecule has 2 spiro atoms. The lowest BCUT2D eigenvalue weighted by Crippen LogP contribution is -2.70. The van der Waals surface area contributed by atoms with E-state index in [2.05, 4.69) is 262 Å². The number of nitrogens with zero attached hydrogens (tertiary/aromatic N) is 1. The van der Waals surface area contributed by atoms with Crippen LogP contribution in [0.25, 0.3) is 33.4 Å². The highest BCUT2D eigenvalue weighted by molar-refractivity contribution is 7.24. The molecular formula is C69H61NSi. The molecule has 0 N–H and O–H groups in total. The Kier molecular flexibility index (Phi) is 8.39. The van der Waals surface area contributed by atoms with Crippen LogP contribution in [0.5, 0.6) is 0 Å². The summed E-state index contributed by atoms with van der Waals surface area (Å²) in [6.45, 7) is 24.1. The second-order valence-corrected chi connectivity index (χ2v) is 28.1. The molecule has 3 aliphatic heterocycles. The van der Waals surface area contributed by atoms with Gasteiger partial charge in [-0.3, -0.25) is 0 Å². The summed E-state index contributed by atoms with van der Waals surface area (Å²) >= 11 is 0. The van der Waals surface area contributed by atoms with Crippen LogP contribution < -0.4 is 25.6 Å². The maximum atomic E-state index is 2.73. The average Bonchev–Trinajstić information content (AvgIpc) is 3.92. The zero-order valence-electron chi connectivity index (χ0n) is 42.8. The Morgan fingerprint density at radius 3 is 1.34 bits per heavy atom. The van der Waals surface area contributed by atoms with Crippen LogP contribution >= 0.6 is 0 Å². The number of para-hydroxylation sites is 1. The van der Waals surface area contributed by atoms with Gasteiger partial charge < -0.3 is 4.90 Å². The van der Waals surface area contributed by atoms with E-state index in [0.29, 0.717) is 0 Å². The lowest BCUT2D eigenvalue weighted by molar-refractivity contribution is 0.539. The summed E-state index contributed by atoms with van der Waals surface area (Å²) in [5.74, 6) is 0. The van der Waals surface area contributed by atoms with Crippen LogP contribution in [0.2, 0.25) is 0 Å². The SMILES string of the molecule is CC(C)(C)c1ccc2c(c1)C1(c3ccccc3N(c3ccc4c(c3)[Si]3(c5ccccc5-c5ccccc53)c3ccccc3-4)c3c1ccc1c3-c3ccccc3C1(C)C)c1cc(C(C)(C)C)ccc1C2(C)C. The second-order valence-electron chi connectivity index (χ2n) is 24.4. The van der Waals surface area contributed by atoms with Crippen molar-refractivity contribution >= 4 is 45.9 Å². The van der Waals surface area contributed by atoms with Crippen molar-refractivity contribution in [2.75, 3.05) is 4.90 Å². The highest BCUT2D eigenvalue weighted by atomic mass is 28.3. The Bertz CT molecular complexity index is 3680. The maximum absolute atomic E-state index is 2.76. The number of hydrogen-bond donors (Lipinski definition) is 0. The molecule has 9 aromatic rings. The standard InChI is InChI=1S/C69H61NSi/c1-65(2,3)42-31-35-51-56(39-42)69(57-40-43(66(4,5)6)32-36-52(57)68(51,9)10)53-26-16-17-27-58(53)70(64-55(69)38-37-54-63(64)49-24-11-15-25-50(49)67(54,7)8)44-33-34-48-47-23-14-20-30-61(47)71(62(48)41-44)59-28-18-12-21-45(59)46-22-13-19-29-60(46)71/h11-41H,1-10H3. The first-order valence-corrected chi connectivity index (χ1v) is 27.9. The monoisotopic (exact) mass is 931 g/mol. The van der Waals surface area contributed by atoms with E-state index in [1.807, 2.05) is 0 Å². The minimum Gasteiger partial charge on any atom is -0.309 e. The van der Waals surface area contributed by atoms with Crippen LogP contribution in [0, 0.1) is 0 Å². The molecule has 0 unspecified atom stereocenters. The maximum Gasteiger partial charge on any atom is 0.182 e. The Morgan fingerprint density at radius 2 is 0.789 bits per heavy atom. The first-order chi connectivity index (χ1) is 34.0. The van der Waals surface area contributed by atoms with Gasteiger partial charge in [-0.2, -0.15) is 0 Å². The van der Waals surface area contributed by atoms with E-state index in [0.717, 1.165) is 0 Å². The van der Waals surface area contributed by atoms with Crippen molar-refractivity contribution in [2.45, 2.75) is 96.3 Å². The van der Waals surface area contributed by atoms with Gasteiger partial charge in [0.1, 0.15) is 0 Å². The molecule has 14 rings (SSSR count). The molecule has 0 saturated heterocycles. The molecule has 71 heavy (non-hydrogen) atoms. The van der Waals surface area contributed by atoms with Crippen molar-refractivity contribution in [3.63, 3.8) is 0 Å². The van der Waals surface area contributed by atoms with Crippen LogP contribution in [-0.4, -0.2) is 8.07 Å². The number of rotatable bonds is 1. The van der Waals surface area contributed by atoms with Gasteiger partial charge in [0, 0.05) is 22.1 Å². The first-order valence-electron chi connectivity index (χ1n) is 25.9. The Morgan fingerprint density at radius 1 is 0.352 bits per heavy atom. The fraction of sp³-hybridized carbons (Fsp3) is 0.217. The molecule has 5 aliphatic rings. The molecule has 1 nitrogen and oxygen atoms in total. The molecule has 0 radical (unpaired) electrons. The quantitative estimate of drug-likeness (QED) is 0.148. The number of hydrogen-bond acceptors (Lipinski definition) is 1. The van der Waals surface area contributed by atoms with Crippen molar-refractivity contribution in [2.24, 2.45) is 0 Å². The highest BCUT2D eigenvalue weighted by Gasteiger charge is 2.57. The van der Waals surface area contributed by atoms with Crippen molar-refractivity contribution in [1.82, 2.24) is 0 Å². The molecule has 0 atom stereocenters. The summed E-state index contributed by atoms with van der Waals surface area (Å²) < 4.78 is 0. The van der Waals surface area contributed by atoms with Gasteiger partial charge in [-0.25, -0.2) is 0 Å². The number of anilines is 3. The van der Waals surface area contributed by atoms with Gasteiger partial charge in [0.15, 0.2) is 8.07 Å². The molecular weight excluding hydrogens is 871 g/mol. The molecule has 2 heteroatoms. The van der Waals surface area contributed by atoms with E-state index in [1.54, 1.807) is 0 Å². The van der Waals surface area contributed by atoms with Crippen molar-refractivity contribution in [1.29, 1.82) is 0 Å². The largest absolute Gasteiger partial charge is 0.309 e. The molecule has 2 aliphatic carbocycles. The van der Waals surface area contributed by atoms with Gasteiger partial charge in [0.2, 0.25) is 0 Å². The van der Waals surface area contributed by atoms with Crippen LogP contribution in [0.15, 0.2) is 188 Å². The fourth-order valence-electron chi connectivity index (χ4n) is 14.7.